The first kappa shape index (κ1) is 22.0. The lowest BCUT2D eigenvalue weighted by Crippen LogP contribution is -2.46. The van der Waals surface area contributed by atoms with Gasteiger partial charge in [-0.3, -0.25) is 14.5 Å². The number of aromatic nitrogens is 4. The minimum absolute atomic E-state index is 0.0407. The molecule has 0 unspecified atom stereocenters. The molecule has 9 nitrogen and oxygen atoms in total. The van der Waals surface area contributed by atoms with Crippen LogP contribution in [-0.2, 0) is 6.54 Å². The van der Waals surface area contributed by atoms with Crippen molar-refractivity contribution >= 4 is 28.1 Å². The van der Waals surface area contributed by atoms with Crippen molar-refractivity contribution in [3.05, 3.63) is 69.9 Å². The lowest BCUT2D eigenvalue weighted by Gasteiger charge is -2.36. The van der Waals surface area contributed by atoms with Crippen LogP contribution in [0.2, 0.25) is 0 Å². The number of piperazine rings is 1. The highest BCUT2D eigenvalue weighted by atomic mass is 19.1. The van der Waals surface area contributed by atoms with Gasteiger partial charge in [-0.25, -0.2) is 13.9 Å². The number of hydrogen-bond acceptors (Lipinski definition) is 6. The summed E-state index contributed by atoms with van der Waals surface area (Å²) in [5.41, 5.74) is 1.41. The summed E-state index contributed by atoms with van der Waals surface area (Å²) in [6.45, 7) is 4.80. The van der Waals surface area contributed by atoms with Crippen LogP contribution in [-0.4, -0.2) is 63.1 Å². The Morgan fingerprint density at radius 2 is 1.88 bits per heavy atom. The number of benzene rings is 1. The van der Waals surface area contributed by atoms with E-state index < -0.39 is 23.2 Å². The summed E-state index contributed by atoms with van der Waals surface area (Å²) in [5.74, 6) is -1.58. The molecule has 2 N–H and O–H groups in total. The Bertz CT molecular complexity index is 1440. The fourth-order valence-corrected chi connectivity index (χ4v) is 4.30. The van der Waals surface area contributed by atoms with Crippen LogP contribution >= 0.6 is 0 Å². The average Bonchev–Trinajstić information content (AvgIpc) is 3.33. The lowest BCUT2D eigenvalue weighted by atomic mass is 10.1. The zero-order chi connectivity index (χ0) is 23.8. The van der Waals surface area contributed by atoms with Gasteiger partial charge in [0.2, 0.25) is 5.95 Å². The number of amides is 1. The molecule has 0 spiro atoms. The standard InChI is InChI=1S/C23H23F2N7O2/c1-2-26-22(33)15-4-6-17(21(25)28-15)31-11-9-30(10-12-31)13-14-3-5-16-20(19(14)24)29-23(34)18-7-8-27-32(16)18/h3-8H,2,9-13H2,1H3,(H,26,33)(H,29,34). The van der Waals surface area contributed by atoms with Crippen molar-refractivity contribution in [2.45, 2.75) is 13.5 Å². The Hall–Kier alpha value is -3.86. The molecular weight excluding hydrogens is 444 g/mol. The minimum atomic E-state index is -0.688. The van der Waals surface area contributed by atoms with Crippen LogP contribution < -0.4 is 15.8 Å². The number of halogens is 2. The van der Waals surface area contributed by atoms with E-state index in [9.17, 15) is 14.0 Å². The molecular formula is C23H23F2N7O2. The molecule has 1 saturated heterocycles. The summed E-state index contributed by atoms with van der Waals surface area (Å²) in [6, 6.07) is 8.11. The number of carbonyl (C=O) groups is 1. The predicted molar refractivity (Wildman–Crippen MR) is 123 cm³/mol. The van der Waals surface area contributed by atoms with Gasteiger partial charge >= 0.3 is 0 Å². The molecule has 1 amide bonds. The Kier molecular flexibility index (Phi) is 5.70. The summed E-state index contributed by atoms with van der Waals surface area (Å²) in [4.78, 5) is 34.5. The van der Waals surface area contributed by atoms with E-state index >= 15 is 4.39 Å². The molecule has 34 heavy (non-hydrogen) atoms. The van der Waals surface area contributed by atoms with Gasteiger partial charge in [-0.2, -0.15) is 9.49 Å². The van der Waals surface area contributed by atoms with Gasteiger partial charge in [0, 0.05) is 44.8 Å². The fraction of sp³-hybridized carbons (Fsp3) is 0.304. The third-order valence-corrected chi connectivity index (χ3v) is 6.05. The zero-order valence-corrected chi connectivity index (χ0v) is 18.5. The van der Waals surface area contributed by atoms with Gasteiger partial charge in [0.15, 0.2) is 5.82 Å². The van der Waals surface area contributed by atoms with Crippen LogP contribution in [0.25, 0.3) is 16.6 Å². The molecule has 0 bridgehead atoms. The summed E-state index contributed by atoms with van der Waals surface area (Å²) >= 11 is 0. The number of anilines is 1. The monoisotopic (exact) mass is 467 g/mol. The molecule has 1 aliphatic rings. The molecule has 1 aliphatic heterocycles. The maximum Gasteiger partial charge on any atom is 0.274 e. The number of nitrogens with one attached hydrogen (secondary N) is 2. The van der Waals surface area contributed by atoms with E-state index in [0.29, 0.717) is 61.6 Å². The van der Waals surface area contributed by atoms with E-state index in [1.807, 2.05) is 4.90 Å². The normalized spacial score (nSPS) is 14.7. The second kappa shape index (κ2) is 8.82. The Balaban J connectivity index is 1.29. The summed E-state index contributed by atoms with van der Waals surface area (Å²) in [6.07, 6.45) is 1.50. The first-order valence-electron chi connectivity index (χ1n) is 11.1. The van der Waals surface area contributed by atoms with Gasteiger partial charge < -0.3 is 15.2 Å². The number of fused-ring (bicyclic) bond motifs is 3. The van der Waals surface area contributed by atoms with Crippen molar-refractivity contribution in [3.8, 4) is 0 Å². The van der Waals surface area contributed by atoms with Gasteiger partial charge in [0.1, 0.15) is 16.7 Å². The second-order valence-corrected chi connectivity index (χ2v) is 8.14. The summed E-state index contributed by atoms with van der Waals surface area (Å²) in [5, 5.41) is 6.72. The number of aromatic amines is 1. The van der Waals surface area contributed by atoms with Crippen LogP contribution in [0.5, 0.6) is 0 Å². The number of rotatable bonds is 5. The molecule has 0 aliphatic carbocycles. The van der Waals surface area contributed by atoms with Gasteiger partial charge in [0.05, 0.1) is 17.4 Å². The second-order valence-electron chi connectivity index (χ2n) is 8.14. The molecule has 3 aromatic heterocycles. The van der Waals surface area contributed by atoms with E-state index in [-0.39, 0.29) is 11.2 Å². The molecule has 4 aromatic rings. The van der Waals surface area contributed by atoms with E-state index in [4.69, 9.17) is 0 Å². The topological polar surface area (TPSA) is 98.6 Å². The SMILES string of the molecule is CCNC(=O)c1ccc(N2CCN(Cc3ccc4c([nH]c(=O)c5ccnn54)c3F)CC2)c(F)n1. The molecule has 0 saturated carbocycles. The molecule has 0 atom stereocenters. The van der Waals surface area contributed by atoms with Crippen molar-refractivity contribution in [2.75, 3.05) is 37.6 Å². The molecule has 1 aromatic carbocycles. The van der Waals surface area contributed by atoms with Crippen molar-refractivity contribution < 1.29 is 13.6 Å². The Morgan fingerprint density at radius 3 is 2.62 bits per heavy atom. The van der Waals surface area contributed by atoms with Gasteiger partial charge in [0.25, 0.3) is 11.5 Å². The number of H-pyrrole nitrogens is 1. The highest BCUT2D eigenvalue weighted by Crippen LogP contribution is 2.23. The summed E-state index contributed by atoms with van der Waals surface area (Å²) < 4.78 is 31.3. The molecule has 5 rings (SSSR count). The van der Waals surface area contributed by atoms with E-state index in [1.165, 1.54) is 16.8 Å². The third kappa shape index (κ3) is 3.87. The van der Waals surface area contributed by atoms with Crippen molar-refractivity contribution in [2.24, 2.45) is 0 Å². The Labute approximate surface area is 193 Å². The van der Waals surface area contributed by atoms with Gasteiger partial charge in [-0.05, 0) is 31.2 Å². The average molecular weight is 467 g/mol. The zero-order valence-electron chi connectivity index (χ0n) is 18.5. The number of pyridine rings is 1. The predicted octanol–water partition coefficient (Wildman–Crippen LogP) is 1.92. The highest BCUT2D eigenvalue weighted by Gasteiger charge is 2.23. The van der Waals surface area contributed by atoms with Crippen molar-refractivity contribution in [1.29, 1.82) is 0 Å². The van der Waals surface area contributed by atoms with Crippen molar-refractivity contribution in [3.63, 3.8) is 0 Å². The minimum Gasteiger partial charge on any atom is -0.365 e. The number of nitrogens with zero attached hydrogens (tertiary/aromatic N) is 5. The number of carbonyl (C=O) groups excluding carboxylic acids is 1. The quantitative estimate of drug-likeness (QED) is 0.435. The molecule has 11 heteroatoms. The first-order chi connectivity index (χ1) is 16.5. The van der Waals surface area contributed by atoms with E-state index in [1.54, 1.807) is 31.2 Å². The molecule has 0 radical (unpaired) electrons. The van der Waals surface area contributed by atoms with Crippen LogP contribution in [0, 0.1) is 11.8 Å². The molecule has 4 heterocycles. The molecule has 1 fully saturated rings. The molecule has 176 valence electrons. The maximum atomic E-state index is 15.3. The van der Waals surface area contributed by atoms with Crippen LogP contribution in [0.1, 0.15) is 23.0 Å². The third-order valence-electron chi connectivity index (χ3n) is 6.05. The van der Waals surface area contributed by atoms with Gasteiger partial charge in [-0.15, -0.1) is 0 Å². The largest absolute Gasteiger partial charge is 0.365 e. The smallest absolute Gasteiger partial charge is 0.274 e. The van der Waals surface area contributed by atoms with E-state index in [2.05, 4.69) is 25.3 Å². The van der Waals surface area contributed by atoms with E-state index in [0.717, 1.165) is 0 Å². The van der Waals surface area contributed by atoms with Gasteiger partial charge in [-0.1, -0.05) is 6.07 Å². The van der Waals surface area contributed by atoms with Crippen LogP contribution in [0.15, 0.2) is 41.3 Å². The fourth-order valence-electron chi connectivity index (χ4n) is 4.30. The first-order valence-corrected chi connectivity index (χ1v) is 11.1. The summed E-state index contributed by atoms with van der Waals surface area (Å²) in [7, 11) is 0. The van der Waals surface area contributed by atoms with Crippen LogP contribution in [0.3, 0.4) is 0 Å². The van der Waals surface area contributed by atoms with Crippen molar-refractivity contribution in [1.82, 2.24) is 29.8 Å². The Morgan fingerprint density at radius 1 is 1.09 bits per heavy atom. The maximum absolute atomic E-state index is 15.3. The van der Waals surface area contributed by atoms with Crippen LogP contribution in [0.4, 0.5) is 14.5 Å². The lowest BCUT2D eigenvalue weighted by molar-refractivity contribution is 0.0949. The number of hydrogen-bond donors (Lipinski definition) is 2. The highest BCUT2D eigenvalue weighted by molar-refractivity contribution is 5.92.